The zero-order valence-electron chi connectivity index (χ0n) is 12.3. The number of non-ortho nitro benzene ring substituents is 1. The van der Waals surface area contributed by atoms with Gasteiger partial charge in [0.25, 0.3) is 5.69 Å². The smallest absolute Gasteiger partial charge is 0.339 e. The number of ether oxygens (including phenoxy) is 2. The minimum Gasteiger partial charge on any atom is -0.457 e. The minimum absolute atomic E-state index is 0.0280. The van der Waals surface area contributed by atoms with Crippen LogP contribution < -0.4 is 4.74 Å². The SMILES string of the molecule is O=C(/C=C/c1ccc([N+](=O)[O-])cc1)Oc1ccc2c(c1)C(=O)OC2. The summed E-state index contributed by atoms with van der Waals surface area (Å²) in [6, 6.07) is 10.4. The lowest BCUT2D eigenvalue weighted by Crippen LogP contribution is -2.04. The molecule has 0 aliphatic carbocycles. The lowest BCUT2D eigenvalue weighted by Gasteiger charge is -2.02. The van der Waals surface area contributed by atoms with E-state index in [2.05, 4.69) is 0 Å². The number of esters is 2. The van der Waals surface area contributed by atoms with Crippen molar-refractivity contribution in [2.45, 2.75) is 6.61 Å². The van der Waals surface area contributed by atoms with Crippen LogP contribution in [-0.4, -0.2) is 16.9 Å². The number of carbonyl (C=O) groups excluding carboxylic acids is 2. The molecule has 0 saturated heterocycles. The second-order valence-electron chi connectivity index (χ2n) is 5.00. The van der Waals surface area contributed by atoms with E-state index in [1.54, 1.807) is 12.1 Å². The quantitative estimate of drug-likeness (QED) is 0.282. The van der Waals surface area contributed by atoms with Gasteiger partial charge in [0, 0.05) is 23.8 Å². The zero-order valence-corrected chi connectivity index (χ0v) is 12.3. The van der Waals surface area contributed by atoms with E-state index in [1.807, 2.05) is 0 Å². The summed E-state index contributed by atoms with van der Waals surface area (Å²) in [6.45, 7) is 0.225. The van der Waals surface area contributed by atoms with Gasteiger partial charge < -0.3 is 9.47 Å². The van der Waals surface area contributed by atoms with Crippen LogP contribution in [0.5, 0.6) is 5.75 Å². The van der Waals surface area contributed by atoms with Crippen LogP contribution in [-0.2, 0) is 16.1 Å². The van der Waals surface area contributed by atoms with Crippen LogP contribution >= 0.6 is 0 Å². The van der Waals surface area contributed by atoms with Gasteiger partial charge in [-0.3, -0.25) is 10.1 Å². The maximum atomic E-state index is 11.8. The average molecular weight is 325 g/mol. The monoisotopic (exact) mass is 325 g/mol. The number of nitrogens with zero attached hydrogens (tertiary/aromatic N) is 1. The van der Waals surface area contributed by atoms with Crippen LogP contribution in [0, 0.1) is 10.1 Å². The second kappa shape index (κ2) is 6.33. The molecule has 1 heterocycles. The molecule has 1 aliphatic heterocycles. The maximum absolute atomic E-state index is 11.8. The Morgan fingerprint density at radius 3 is 2.67 bits per heavy atom. The molecular formula is C17H11NO6. The van der Waals surface area contributed by atoms with Crippen molar-refractivity contribution in [1.82, 2.24) is 0 Å². The molecule has 0 N–H and O–H groups in total. The van der Waals surface area contributed by atoms with Crippen LogP contribution in [0.25, 0.3) is 6.08 Å². The molecule has 3 rings (SSSR count). The predicted molar refractivity (Wildman–Crippen MR) is 83.3 cm³/mol. The van der Waals surface area contributed by atoms with Crippen molar-refractivity contribution in [3.05, 3.63) is 75.3 Å². The summed E-state index contributed by atoms with van der Waals surface area (Å²) in [5.74, 6) is -0.824. The predicted octanol–water partition coefficient (Wildman–Crippen LogP) is 2.88. The first-order chi connectivity index (χ1) is 11.5. The zero-order chi connectivity index (χ0) is 17.1. The Bertz CT molecular complexity index is 854. The van der Waals surface area contributed by atoms with Gasteiger partial charge in [0.1, 0.15) is 12.4 Å². The van der Waals surface area contributed by atoms with Gasteiger partial charge in [-0.25, -0.2) is 9.59 Å². The van der Waals surface area contributed by atoms with E-state index in [1.165, 1.54) is 42.5 Å². The summed E-state index contributed by atoms with van der Waals surface area (Å²) in [4.78, 5) is 33.3. The molecule has 0 unspecified atom stereocenters. The highest BCUT2D eigenvalue weighted by molar-refractivity contribution is 5.94. The Hall–Kier alpha value is -3.48. The molecule has 0 atom stereocenters. The number of nitro groups is 1. The lowest BCUT2D eigenvalue weighted by molar-refractivity contribution is -0.384. The van der Waals surface area contributed by atoms with Crippen molar-refractivity contribution in [3.63, 3.8) is 0 Å². The van der Waals surface area contributed by atoms with Gasteiger partial charge in [-0.15, -0.1) is 0 Å². The van der Waals surface area contributed by atoms with Gasteiger partial charge in [0.15, 0.2) is 0 Å². The van der Waals surface area contributed by atoms with E-state index >= 15 is 0 Å². The summed E-state index contributed by atoms with van der Waals surface area (Å²) < 4.78 is 10.0. The van der Waals surface area contributed by atoms with Gasteiger partial charge >= 0.3 is 11.9 Å². The number of benzene rings is 2. The molecular weight excluding hydrogens is 314 g/mol. The Balaban J connectivity index is 1.66. The lowest BCUT2D eigenvalue weighted by atomic mass is 10.1. The van der Waals surface area contributed by atoms with Crippen LogP contribution in [0.15, 0.2) is 48.5 Å². The summed E-state index contributed by atoms with van der Waals surface area (Å²) in [5.41, 5.74) is 1.73. The molecule has 0 bridgehead atoms. The fourth-order valence-electron chi connectivity index (χ4n) is 2.18. The third-order valence-corrected chi connectivity index (χ3v) is 3.39. The molecule has 7 heteroatoms. The molecule has 7 nitrogen and oxygen atoms in total. The average Bonchev–Trinajstić information content (AvgIpc) is 2.94. The molecule has 2 aromatic rings. The highest BCUT2D eigenvalue weighted by Gasteiger charge is 2.21. The minimum atomic E-state index is -0.625. The third kappa shape index (κ3) is 3.30. The second-order valence-corrected chi connectivity index (χ2v) is 5.00. The summed E-state index contributed by atoms with van der Waals surface area (Å²) in [5, 5.41) is 10.6. The number of fused-ring (bicyclic) bond motifs is 1. The van der Waals surface area contributed by atoms with Crippen LogP contribution in [0.2, 0.25) is 0 Å². The first-order valence-corrected chi connectivity index (χ1v) is 6.97. The highest BCUT2D eigenvalue weighted by atomic mass is 16.6. The Labute approximate surface area is 136 Å². The van der Waals surface area contributed by atoms with Gasteiger partial charge in [-0.05, 0) is 35.9 Å². The van der Waals surface area contributed by atoms with Crippen LogP contribution in [0.4, 0.5) is 5.69 Å². The molecule has 1 aliphatic rings. The summed E-state index contributed by atoms with van der Waals surface area (Å²) in [6.07, 6.45) is 2.68. The number of cyclic esters (lactones) is 1. The molecule has 2 aromatic carbocycles. The highest BCUT2D eigenvalue weighted by Crippen LogP contribution is 2.24. The van der Waals surface area contributed by atoms with Crippen LogP contribution in [0.3, 0.4) is 0 Å². The van der Waals surface area contributed by atoms with Crippen molar-refractivity contribution in [2.24, 2.45) is 0 Å². The van der Waals surface area contributed by atoms with Crippen molar-refractivity contribution >= 4 is 23.7 Å². The first kappa shape index (κ1) is 15.4. The molecule has 0 radical (unpaired) electrons. The number of hydrogen-bond acceptors (Lipinski definition) is 6. The summed E-state index contributed by atoms with van der Waals surface area (Å²) >= 11 is 0. The number of rotatable bonds is 4. The van der Waals surface area contributed by atoms with E-state index in [0.717, 1.165) is 5.56 Å². The molecule has 24 heavy (non-hydrogen) atoms. The van der Waals surface area contributed by atoms with Crippen molar-refractivity contribution < 1.29 is 24.0 Å². The fraction of sp³-hybridized carbons (Fsp3) is 0.0588. The van der Waals surface area contributed by atoms with Gasteiger partial charge in [0.05, 0.1) is 10.5 Å². The van der Waals surface area contributed by atoms with Crippen molar-refractivity contribution in [3.8, 4) is 5.75 Å². The topological polar surface area (TPSA) is 95.7 Å². The fourth-order valence-corrected chi connectivity index (χ4v) is 2.18. The standard InChI is InChI=1S/C17H11NO6/c19-16(8-3-11-1-5-13(6-2-11)18(21)22)24-14-7-4-12-10-23-17(20)15(12)9-14/h1-9H,10H2/b8-3+. The van der Waals surface area contributed by atoms with E-state index in [9.17, 15) is 19.7 Å². The normalized spacial score (nSPS) is 12.8. The number of carbonyl (C=O) groups is 2. The van der Waals surface area contributed by atoms with Gasteiger partial charge in [-0.2, -0.15) is 0 Å². The third-order valence-electron chi connectivity index (χ3n) is 3.39. The largest absolute Gasteiger partial charge is 0.457 e. The first-order valence-electron chi connectivity index (χ1n) is 6.97. The van der Waals surface area contributed by atoms with Gasteiger partial charge in [-0.1, -0.05) is 6.07 Å². The van der Waals surface area contributed by atoms with E-state index in [4.69, 9.17) is 9.47 Å². The molecule has 0 aromatic heterocycles. The Morgan fingerprint density at radius 1 is 1.21 bits per heavy atom. The number of hydrogen-bond donors (Lipinski definition) is 0. The Morgan fingerprint density at radius 2 is 1.96 bits per heavy atom. The molecule has 0 saturated carbocycles. The molecule has 0 spiro atoms. The van der Waals surface area contributed by atoms with Crippen molar-refractivity contribution in [1.29, 1.82) is 0 Å². The number of nitro benzene ring substituents is 1. The van der Waals surface area contributed by atoms with E-state index < -0.39 is 16.9 Å². The molecule has 0 amide bonds. The van der Waals surface area contributed by atoms with Gasteiger partial charge in [0.2, 0.25) is 0 Å². The van der Waals surface area contributed by atoms with Crippen LogP contribution in [0.1, 0.15) is 21.5 Å². The van der Waals surface area contributed by atoms with E-state index in [-0.39, 0.29) is 18.0 Å². The van der Waals surface area contributed by atoms with E-state index in [0.29, 0.717) is 11.1 Å². The summed E-state index contributed by atoms with van der Waals surface area (Å²) in [7, 11) is 0. The maximum Gasteiger partial charge on any atom is 0.339 e. The molecule has 120 valence electrons. The molecule has 0 fully saturated rings. The Kier molecular flexibility index (Phi) is 4.07. The van der Waals surface area contributed by atoms with Crippen molar-refractivity contribution in [2.75, 3.05) is 0 Å².